The number of carboxylic acids is 1. The number of aromatic carboxylic acids is 1. The highest BCUT2D eigenvalue weighted by molar-refractivity contribution is 5.93. The lowest BCUT2D eigenvalue weighted by Crippen LogP contribution is -2.07. The Hall–Kier alpha value is -2.76. The molecule has 1 heterocycles. The maximum atomic E-state index is 11.1. The number of benzene rings is 1. The second-order valence-corrected chi connectivity index (χ2v) is 4.27. The minimum Gasteiger partial charge on any atom is -0.493 e. The third-order valence-electron chi connectivity index (χ3n) is 2.98. The van der Waals surface area contributed by atoms with Crippen LogP contribution in [-0.4, -0.2) is 30.3 Å². The zero-order valence-electron chi connectivity index (χ0n) is 11.8. The number of rotatable bonds is 6. The first-order valence-electron chi connectivity index (χ1n) is 6.27. The number of ether oxygens (including phenoxy) is 2. The van der Waals surface area contributed by atoms with Gasteiger partial charge in [-0.2, -0.15) is 0 Å². The van der Waals surface area contributed by atoms with E-state index >= 15 is 0 Å². The topological polar surface area (TPSA) is 80.7 Å². The summed E-state index contributed by atoms with van der Waals surface area (Å²) in [6, 6.07) is 6.98. The Balaban J connectivity index is 2.15. The molecule has 21 heavy (non-hydrogen) atoms. The molecule has 1 aromatic heterocycles. The Kier molecular flexibility index (Phi) is 4.61. The van der Waals surface area contributed by atoms with E-state index in [9.17, 15) is 4.79 Å². The summed E-state index contributed by atoms with van der Waals surface area (Å²) in [6.45, 7) is 0.451. The highest BCUT2D eigenvalue weighted by Crippen LogP contribution is 2.28. The number of nitrogens with one attached hydrogen (secondary N) is 1. The Morgan fingerprint density at radius 3 is 2.67 bits per heavy atom. The van der Waals surface area contributed by atoms with Crippen LogP contribution in [0.25, 0.3) is 0 Å². The van der Waals surface area contributed by atoms with E-state index in [-0.39, 0.29) is 5.56 Å². The first-order chi connectivity index (χ1) is 10.2. The first-order valence-corrected chi connectivity index (χ1v) is 6.27. The number of nitrogens with zero attached hydrogens (tertiary/aromatic N) is 1. The third-order valence-corrected chi connectivity index (χ3v) is 2.98. The van der Waals surface area contributed by atoms with Crippen LogP contribution >= 0.6 is 0 Å². The van der Waals surface area contributed by atoms with Crippen molar-refractivity contribution in [3.8, 4) is 11.5 Å². The van der Waals surface area contributed by atoms with Crippen LogP contribution in [0.2, 0.25) is 0 Å². The predicted octanol–water partition coefficient (Wildman–Crippen LogP) is 2.41. The molecule has 2 aromatic rings. The first kappa shape index (κ1) is 14.6. The van der Waals surface area contributed by atoms with Crippen molar-refractivity contribution < 1.29 is 19.4 Å². The van der Waals surface area contributed by atoms with Crippen molar-refractivity contribution >= 4 is 11.7 Å². The standard InChI is InChI=1S/C15H16N2O4/c1-20-13-4-3-10(7-14(13)21-2)8-17-12-9-16-6-5-11(12)15(18)19/h3-7,9,17H,8H2,1-2H3,(H,18,19). The van der Waals surface area contributed by atoms with Crippen LogP contribution in [0, 0.1) is 0 Å². The Labute approximate surface area is 122 Å². The van der Waals surface area contributed by atoms with Gasteiger partial charge in [0.05, 0.1) is 31.7 Å². The molecule has 0 saturated heterocycles. The Morgan fingerprint density at radius 2 is 2.00 bits per heavy atom. The van der Waals surface area contributed by atoms with Gasteiger partial charge in [0, 0.05) is 12.7 Å². The SMILES string of the molecule is COc1ccc(CNc2cnccc2C(=O)O)cc1OC. The van der Waals surface area contributed by atoms with Crippen molar-refractivity contribution in [2.45, 2.75) is 6.54 Å². The predicted molar refractivity (Wildman–Crippen MR) is 78.1 cm³/mol. The normalized spacial score (nSPS) is 10.0. The number of hydrogen-bond acceptors (Lipinski definition) is 5. The maximum absolute atomic E-state index is 11.1. The van der Waals surface area contributed by atoms with E-state index in [4.69, 9.17) is 14.6 Å². The molecule has 0 amide bonds. The quantitative estimate of drug-likeness (QED) is 0.849. The molecule has 2 rings (SSSR count). The average molecular weight is 288 g/mol. The summed E-state index contributed by atoms with van der Waals surface area (Å²) in [4.78, 5) is 15.0. The molecule has 6 nitrogen and oxygen atoms in total. The van der Waals surface area contributed by atoms with E-state index in [1.54, 1.807) is 20.3 Å². The summed E-state index contributed by atoms with van der Waals surface area (Å²) in [5.41, 5.74) is 1.60. The Morgan fingerprint density at radius 1 is 1.24 bits per heavy atom. The van der Waals surface area contributed by atoms with Crippen molar-refractivity contribution in [2.75, 3.05) is 19.5 Å². The second-order valence-electron chi connectivity index (χ2n) is 4.27. The fourth-order valence-electron chi connectivity index (χ4n) is 1.91. The number of carbonyl (C=O) groups is 1. The van der Waals surface area contributed by atoms with E-state index in [1.807, 2.05) is 12.1 Å². The summed E-state index contributed by atoms with van der Waals surface area (Å²) >= 11 is 0. The summed E-state index contributed by atoms with van der Waals surface area (Å²) < 4.78 is 10.4. The van der Waals surface area contributed by atoms with Crippen molar-refractivity contribution in [3.05, 3.63) is 47.8 Å². The van der Waals surface area contributed by atoms with Crippen LogP contribution in [0.4, 0.5) is 5.69 Å². The molecule has 0 spiro atoms. The fourth-order valence-corrected chi connectivity index (χ4v) is 1.91. The van der Waals surface area contributed by atoms with Gasteiger partial charge in [-0.15, -0.1) is 0 Å². The average Bonchev–Trinajstić information content (AvgIpc) is 2.52. The van der Waals surface area contributed by atoms with Gasteiger partial charge in [-0.05, 0) is 23.8 Å². The molecule has 0 bridgehead atoms. The molecule has 110 valence electrons. The Bertz CT molecular complexity index is 643. The molecule has 6 heteroatoms. The summed E-state index contributed by atoms with van der Waals surface area (Å²) in [6.07, 6.45) is 2.94. The molecule has 0 aliphatic carbocycles. The van der Waals surface area contributed by atoms with Gasteiger partial charge in [-0.3, -0.25) is 4.98 Å². The van der Waals surface area contributed by atoms with E-state index in [0.717, 1.165) is 5.56 Å². The minimum atomic E-state index is -0.993. The smallest absolute Gasteiger partial charge is 0.337 e. The van der Waals surface area contributed by atoms with Crippen LogP contribution in [0.5, 0.6) is 11.5 Å². The van der Waals surface area contributed by atoms with Gasteiger partial charge in [-0.25, -0.2) is 4.79 Å². The van der Waals surface area contributed by atoms with Crippen LogP contribution in [0.15, 0.2) is 36.7 Å². The van der Waals surface area contributed by atoms with Crippen LogP contribution in [0.3, 0.4) is 0 Å². The highest BCUT2D eigenvalue weighted by Gasteiger charge is 2.10. The number of aromatic nitrogens is 1. The van der Waals surface area contributed by atoms with Crippen molar-refractivity contribution in [1.29, 1.82) is 0 Å². The number of methoxy groups -OCH3 is 2. The van der Waals surface area contributed by atoms with Crippen LogP contribution in [-0.2, 0) is 6.54 Å². The third kappa shape index (κ3) is 3.42. The molecule has 0 unspecified atom stereocenters. The number of carboxylic acid groups (broad SMARTS) is 1. The van der Waals surface area contributed by atoms with Crippen LogP contribution < -0.4 is 14.8 Å². The van der Waals surface area contributed by atoms with Crippen molar-refractivity contribution in [3.63, 3.8) is 0 Å². The summed E-state index contributed by atoms with van der Waals surface area (Å²) in [5.74, 6) is 0.280. The van der Waals surface area contributed by atoms with E-state index in [1.165, 1.54) is 18.5 Å². The van der Waals surface area contributed by atoms with Crippen LogP contribution in [0.1, 0.15) is 15.9 Å². The van der Waals surface area contributed by atoms with Gasteiger partial charge in [0.25, 0.3) is 0 Å². The molecule has 0 atom stereocenters. The molecule has 0 radical (unpaired) electrons. The van der Waals surface area contributed by atoms with Crippen molar-refractivity contribution in [1.82, 2.24) is 4.98 Å². The highest BCUT2D eigenvalue weighted by atomic mass is 16.5. The molecular formula is C15H16N2O4. The maximum Gasteiger partial charge on any atom is 0.337 e. The molecule has 0 aliphatic heterocycles. The largest absolute Gasteiger partial charge is 0.493 e. The number of pyridine rings is 1. The lowest BCUT2D eigenvalue weighted by molar-refractivity contribution is 0.0698. The van der Waals surface area contributed by atoms with Gasteiger partial charge < -0.3 is 19.9 Å². The van der Waals surface area contributed by atoms with Gasteiger partial charge in [0.1, 0.15) is 0 Å². The molecular weight excluding hydrogens is 272 g/mol. The van der Waals surface area contributed by atoms with E-state index in [2.05, 4.69) is 10.3 Å². The molecule has 2 N–H and O–H groups in total. The van der Waals surface area contributed by atoms with Gasteiger partial charge in [0.2, 0.25) is 0 Å². The van der Waals surface area contributed by atoms with E-state index < -0.39 is 5.97 Å². The summed E-state index contributed by atoms with van der Waals surface area (Å²) in [5, 5.41) is 12.2. The fraction of sp³-hybridized carbons (Fsp3) is 0.200. The summed E-state index contributed by atoms with van der Waals surface area (Å²) in [7, 11) is 3.14. The zero-order chi connectivity index (χ0) is 15.2. The van der Waals surface area contributed by atoms with Gasteiger partial charge >= 0.3 is 5.97 Å². The lowest BCUT2D eigenvalue weighted by atomic mass is 10.2. The van der Waals surface area contributed by atoms with Gasteiger partial charge in [0.15, 0.2) is 11.5 Å². The molecule has 0 aliphatic rings. The molecule has 0 saturated carbocycles. The van der Waals surface area contributed by atoms with Gasteiger partial charge in [-0.1, -0.05) is 6.07 Å². The lowest BCUT2D eigenvalue weighted by Gasteiger charge is -2.12. The second kappa shape index (κ2) is 6.60. The van der Waals surface area contributed by atoms with Crippen molar-refractivity contribution in [2.24, 2.45) is 0 Å². The monoisotopic (exact) mass is 288 g/mol. The molecule has 0 fully saturated rings. The molecule has 1 aromatic carbocycles. The number of anilines is 1. The zero-order valence-corrected chi connectivity index (χ0v) is 11.8. The number of hydrogen-bond donors (Lipinski definition) is 2. The minimum absolute atomic E-state index is 0.186. The van der Waals surface area contributed by atoms with E-state index in [0.29, 0.717) is 23.7 Å².